The number of aromatic nitrogens is 3. The number of rotatable bonds is 3. The van der Waals surface area contributed by atoms with Crippen LogP contribution in [0.15, 0.2) is 24.5 Å². The molecule has 2 aliphatic heterocycles. The lowest BCUT2D eigenvalue weighted by Crippen LogP contribution is -2.52. The van der Waals surface area contributed by atoms with Crippen molar-refractivity contribution in [1.29, 1.82) is 0 Å². The van der Waals surface area contributed by atoms with Crippen LogP contribution in [0.4, 0.5) is 10.8 Å². The number of carbonyl (C=O) groups excluding carboxylic acids is 1. The number of hydrogen-bond donors (Lipinski definition) is 1. The standard InChI is InChI=1S/C16H19N5O2S/c1-10-19-20-16(24-10)21-9-11(7-14-13(21)4-6-23-14)15(22)18-12-3-2-5-17-8-12/h2-3,5,8,11,13-14H,4,6-7,9H2,1H3,(H,18,22)/t11-,13-,14-/m1/s1. The van der Waals surface area contributed by atoms with Crippen LogP contribution in [0.25, 0.3) is 0 Å². The molecule has 1 N–H and O–H groups in total. The van der Waals surface area contributed by atoms with E-state index in [0.29, 0.717) is 12.6 Å². The first-order chi connectivity index (χ1) is 11.7. The number of anilines is 2. The molecule has 1 amide bonds. The zero-order valence-electron chi connectivity index (χ0n) is 13.4. The molecule has 0 unspecified atom stereocenters. The lowest BCUT2D eigenvalue weighted by molar-refractivity contribution is -0.121. The van der Waals surface area contributed by atoms with Crippen molar-refractivity contribution >= 4 is 28.1 Å². The Kier molecular flexibility index (Phi) is 4.15. The predicted octanol–water partition coefficient (Wildman–Crippen LogP) is 1.86. The molecule has 0 spiro atoms. The number of hydrogen-bond acceptors (Lipinski definition) is 7. The second-order valence-electron chi connectivity index (χ2n) is 6.18. The fraction of sp³-hybridized carbons (Fsp3) is 0.500. The second kappa shape index (κ2) is 6.45. The number of amides is 1. The molecule has 126 valence electrons. The van der Waals surface area contributed by atoms with Gasteiger partial charge in [0.2, 0.25) is 11.0 Å². The molecule has 4 rings (SSSR count). The highest BCUT2D eigenvalue weighted by atomic mass is 32.1. The van der Waals surface area contributed by atoms with Gasteiger partial charge in [0.05, 0.1) is 29.9 Å². The third-order valence-electron chi connectivity index (χ3n) is 4.57. The van der Waals surface area contributed by atoms with E-state index in [-0.39, 0.29) is 17.9 Å². The maximum absolute atomic E-state index is 12.7. The van der Waals surface area contributed by atoms with Gasteiger partial charge in [-0.05, 0) is 31.9 Å². The van der Waals surface area contributed by atoms with Gasteiger partial charge in [-0.2, -0.15) is 0 Å². The minimum atomic E-state index is -0.145. The minimum Gasteiger partial charge on any atom is -0.376 e. The Bertz CT molecular complexity index is 722. The Labute approximate surface area is 144 Å². The molecule has 2 saturated heterocycles. The minimum absolute atomic E-state index is 0.00295. The van der Waals surface area contributed by atoms with E-state index < -0.39 is 0 Å². The third kappa shape index (κ3) is 2.99. The highest BCUT2D eigenvalue weighted by molar-refractivity contribution is 7.15. The van der Waals surface area contributed by atoms with Gasteiger partial charge in [0.15, 0.2) is 0 Å². The monoisotopic (exact) mass is 345 g/mol. The maximum Gasteiger partial charge on any atom is 0.229 e. The fourth-order valence-electron chi connectivity index (χ4n) is 3.44. The molecule has 0 aliphatic carbocycles. The number of nitrogens with zero attached hydrogens (tertiary/aromatic N) is 4. The first-order valence-electron chi connectivity index (χ1n) is 8.10. The van der Waals surface area contributed by atoms with Crippen LogP contribution in [-0.4, -0.2) is 46.4 Å². The molecular weight excluding hydrogens is 326 g/mol. The number of nitrogens with one attached hydrogen (secondary N) is 1. The zero-order valence-corrected chi connectivity index (χ0v) is 14.2. The van der Waals surface area contributed by atoms with Gasteiger partial charge >= 0.3 is 0 Å². The van der Waals surface area contributed by atoms with Crippen molar-refractivity contribution in [2.75, 3.05) is 23.4 Å². The Morgan fingerprint density at radius 3 is 3.12 bits per heavy atom. The number of ether oxygens (including phenoxy) is 1. The molecule has 2 aromatic rings. The van der Waals surface area contributed by atoms with Gasteiger partial charge in [-0.1, -0.05) is 11.3 Å². The molecule has 7 nitrogen and oxygen atoms in total. The van der Waals surface area contributed by atoms with Gasteiger partial charge < -0.3 is 15.0 Å². The van der Waals surface area contributed by atoms with Crippen molar-refractivity contribution in [3.8, 4) is 0 Å². The Morgan fingerprint density at radius 1 is 1.46 bits per heavy atom. The van der Waals surface area contributed by atoms with Crippen molar-refractivity contribution in [2.45, 2.75) is 31.9 Å². The van der Waals surface area contributed by atoms with Crippen molar-refractivity contribution < 1.29 is 9.53 Å². The molecule has 2 fully saturated rings. The Balaban J connectivity index is 1.53. The molecule has 0 radical (unpaired) electrons. The largest absolute Gasteiger partial charge is 0.376 e. The first kappa shape index (κ1) is 15.5. The smallest absolute Gasteiger partial charge is 0.229 e. The normalized spacial score (nSPS) is 26.2. The van der Waals surface area contributed by atoms with Crippen molar-refractivity contribution in [3.05, 3.63) is 29.5 Å². The van der Waals surface area contributed by atoms with Crippen LogP contribution in [0.1, 0.15) is 17.8 Å². The van der Waals surface area contributed by atoms with Gasteiger partial charge in [-0.3, -0.25) is 9.78 Å². The number of aryl methyl sites for hydroxylation is 1. The maximum atomic E-state index is 12.7. The molecule has 3 atom stereocenters. The zero-order chi connectivity index (χ0) is 16.5. The molecular formula is C16H19N5O2S. The summed E-state index contributed by atoms with van der Waals surface area (Å²) >= 11 is 1.57. The molecule has 4 heterocycles. The number of fused-ring (bicyclic) bond motifs is 1. The van der Waals surface area contributed by atoms with Crippen LogP contribution in [0.3, 0.4) is 0 Å². The van der Waals surface area contributed by atoms with E-state index in [1.54, 1.807) is 23.7 Å². The third-order valence-corrected chi connectivity index (χ3v) is 5.45. The second-order valence-corrected chi connectivity index (χ2v) is 7.34. The van der Waals surface area contributed by atoms with E-state index in [2.05, 4.69) is 25.4 Å². The molecule has 2 aromatic heterocycles. The van der Waals surface area contributed by atoms with Crippen molar-refractivity contribution in [1.82, 2.24) is 15.2 Å². The van der Waals surface area contributed by atoms with E-state index in [1.807, 2.05) is 19.1 Å². The van der Waals surface area contributed by atoms with Gasteiger partial charge in [-0.15, -0.1) is 10.2 Å². The van der Waals surface area contributed by atoms with Crippen LogP contribution in [0, 0.1) is 12.8 Å². The Hall–Kier alpha value is -2.06. The number of piperidine rings is 1. The van der Waals surface area contributed by atoms with Crippen LogP contribution in [0.5, 0.6) is 0 Å². The highest BCUT2D eigenvalue weighted by Gasteiger charge is 2.43. The molecule has 24 heavy (non-hydrogen) atoms. The topological polar surface area (TPSA) is 80.2 Å². The molecule has 0 aromatic carbocycles. The van der Waals surface area contributed by atoms with E-state index in [0.717, 1.165) is 35.3 Å². The molecule has 2 aliphatic rings. The van der Waals surface area contributed by atoms with E-state index in [4.69, 9.17) is 4.74 Å². The van der Waals surface area contributed by atoms with Gasteiger partial charge in [0.1, 0.15) is 5.01 Å². The summed E-state index contributed by atoms with van der Waals surface area (Å²) in [4.78, 5) is 18.9. The van der Waals surface area contributed by atoms with Crippen LogP contribution < -0.4 is 10.2 Å². The molecule has 0 saturated carbocycles. The number of pyridine rings is 1. The van der Waals surface area contributed by atoms with Crippen molar-refractivity contribution in [3.63, 3.8) is 0 Å². The summed E-state index contributed by atoms with van der Waals surface area (Å²) in [6.45, 7) is 3.33. The molecule has 0 bridgehead atoms. The molecule has 8 heteroatoms. The van der Waals surface area contributed by atoms with Crippen LogP contribution >= 0.6 is 11.3 Å². The van der Waals surface area contributed by atoms with E-state index in [9.17, 15) is 4.79 Å². The van der Waals surface area contributed by atoms with Crippen molar-refractivity contribution in [2.24, 2.45) is 5.92 Å². The average molecular weight is 345 g/mol. The lowest BCUT2D eigenvalue weighted by atomic mass is 9.90. The van der Waals surface area contributed by atoms with Crippen LogP contribution in [-0.2, 0) is 9.53 Å². The SMILES string of the molecule is Cc1nnc(N2C[C@H](C(=O)Nc3cccnc3)C[C@H]3OCC[C@H]32)s1. The number of carbonyl (C=O) groups is 1. The Morgan fingerprint density at radius 2 is 2.38 bits per heavy atom. The van der Waals surface area contributed by atoms with E-state index >= 15 is 0 Å². The summed E-state index contributed by atoms with van der Waals surface area (Å²) in [5.41, 5.74) is 0.718. The summed E-state index contributed by atoms with van der Waals surface area (Å²) < 4.78 is 5.87. The summed E-state index contributed by atoms with van der Waals surface area (Å²) in [5, 5.41) is 13.2. The van der Waals surface area contributed by atoms with Gasteiger partial charge in [0, 0.05) is 19.3 Å². The van der Waals surface area contributed by atoms with Crippen LogP contribution in [0.2, 0.25) is 0 Å². The quantitative estimate of drug-likeness (QED) is 0.915. The first-order valence-corrected chi connectivity index (χ1v) is 8.91. The average Bonchev–Trinajstić information content (AvgIpc) is 3.23. The summed E-state index contributed by atoms with van der Waals surface area (Å²) in [6.07, 6.45) is 5.13. The fourth-order valence-corrected chi connectivity index (χ4v) is 4.19. The summed E-state index contributed by atoms with van der Waals surface area (Å²) in [5.74, 6) is -0.142. The van der Waals surface area contributed by atoms with Gasteiger partial charge in [-0.25, -0.2) is 0 Å². The highest BCUT2D eigenvalue weighted by Crippen LogP contribution is 2.36. The lowest BCUT2D eigenvalue weighted by Gasteiger charge is -2.39. The van der Waals surface area contributed by atoms with Gasteiger partial charge in [0.25, 0.3) is 0 Å². The summed E-state index contributed by atoms with van der Waals surface area (Å²) in [6, 6.07) is 3.94. The summed E-state index contributed by atoms with van der Waals surface area (Å²) in [7, 11) is 0. The predicted molar refractivity (Wildman–Crippen MR) is 91.1 cm³/mol. The van der Waals surface area contributed by atoms with E-state index in [1.165, 1.54) is 0 Å².